The summed E-state index contributed by atoms with van der Waals surface area (Å²) in [4.78, 5) is 11.2. The second kappa shape index (κ2) is 6.18. The summed E-state index contributed by atoms with van der Waals surface area (Å²) in [6.45, 7) is 3.79. The first-order chi connectivity index (χ1) is 7.54. The van der Waals surface area contributed by atoms with Crippen molar-refractivity contribution < 1.29 is 9.53 Å². The number of benzene rings is 1. The monoisotopic (exact) mass is 280 g/mol. The fraction of sp³-hybridized carbons (Fsp3) is 0.200. The van der Waals surface area contributed by atoms with Gasteiger partial charge in [0.05, 0.1) is 21.7 Å². The van der Waals surface area contributed by atoms with E-state index in [2.05, 4.69) is 12.2 Å². The second-order valence-electron chi connectivity index (χ2n) is 2.87. The first kappa shape index (κ1) is 13.4. The molecule has 1 radical (unpaired) electrons. The summed E-state index contributed by atoms with van der Waals surface area (Å²) >= 11 is 17.3. The third-order valence-corrected chi connectivity index (χ3v) is 2.80. The number of halogens is 3. The molecular formula is C10H9Cl3NO2. The molecule has 87 valence electrons. The molecule has 0 atom stereocenters. The third kappa shape index (κ3) is 3.74. The molecule has 0 aliphatic rings. The number of carbonyl (C=O) groups excluding carboxylic acids is 1. The van der Waals surface area contributed by atoms with Gasteiger partial charge in [0.1, 0.15) is 0 Å². The van der Waals surface area contributed by atoms with Crippen molar-refractivity contribution in [2.24, 2.45) is 0 Å². The maximum atomic E-state index is 11.2. The van der Waals surface area contributed by atoms with Crippen LogP contribution in [-0.2, 0) is 4.74 Å². The molecule has 0 saturated heterocycles. The zero-order valence-electron chi connectivity index (χ0n) is 8.23. The summed E-state index contributed by atoms with van der Waals surface area (Å²) < 4.78 is 4.77. The lowest BCUT2D eigenvalue weighted by atomic mass is 10.3. The Labute approximate surface area is 109 Å². The zero-order chi connectivity index (χ0) is 12.1. The Bertz CT molecular complexity index is 373. The van der Waals surface area contributed by atoms with E-state index in [9.17, 15) is 4.79 Å². The average Bonchev–Trinajstić information content (AvgIpc) is 2.23. The van der Waals surface area contributed by atoms with Crippen molar-refractivity contribution in [3.8, 4) is 0 Å². The average molecular weight is 282 g/mol. The van der Waals surface area contributed by atoms with Crippen LogP contribution in [0.15, 0.2) is 12.1 Å². The Morgan fingerprint density at radius 3 is 2.38 bits per heavy atom. The highest BCUT2D eigenvalue weighted by Gasteiger charge is 2.08. The molecule has 3 nitrogen and oxygen atoms in total. The highest BCUT2D eigenvalue weighted by Crippen LogP contribution is 2.33. The fourth-order valence-corrected chi connectivity index (χ4v) is 1.54. The van der Waals surface area contributed by atoms with Gasteiger partial charge in [0.25, 0.3) is 0 Å². The van der Waals surface area contributed by atoms with Crippen molar-refractivity contribution in [2.45, 2.75) is 6.42 Å². The molecule has 0 fully saturated rings. The molecule has 0 aliphatic heterocycles. The number of rotatable bonds is 3. The Morgan fingerprint density at radius 2 is 1.88 bits per heavy atom. The van der Waals surface area contributed by atoms with E-state index >= 15 is 0 Å². The van der Waals surface area contributed by atoms with Gasteiger partial charge in [0.2, 0.25) is 0 Å². The lowest BCUT2D eigenvalue weighted by Gasteiger charge is -2.07. The highest BCUT2D eigenvalue weighted by molar-refractivity contribution is 6.48. The van der Waals surface area contributed by atoms with Crippen LogP contribution in [0.5, 0.6) is 0 Å². The Hall–Kier alpha value is -0.640. The molecule has 0 saturated carbocycles. The molecule has 1 amide bonds. The molecule has 0 aliphatic carbocycles. The number of nitrogens with one attached hydrogen (secondary N) is 1. The normalized spacial score (nSPS) is 10.0. The molecule has 0 bridgehead atoms. The van der Waals surface area contributed by atoms with Crippen LogP contribution in [0.2, 0.25) is 15.1 Å². The Kier molecular flexibility index (Phi) is 5.19. The van der Waals surface area contributed by atoms with Crippen molar-refractivity contribution in [1.82, 2.24) is 0 Å². The van der Waals surface area contributed by atoms with Crippen LogP contribution in [-0.4, -0.2) is 12.7 Å². The number of anilines is 1. The standard InChI is InChI=1S/C10H9Cl3NO2/c1-2-3-16-10(15)14-6-4-7(11)9(13)8(12)5-6/h4-5H,1-3H2,(H,14,15). The molecule has 6 heteroatoms. The van der Waals surface area contributed by atoms with Gasteiger partial charge in [0.15, 0.2) is 0 Å². The van der Waals surface area contributed by atoms with Crippen molar-refractivity contribution in [3.05, 3.63) is 34.1 Å². The third-order valence-electron chi connectivity index (χ3n) is 1.61. The smallest absolute Gasteiger partial charge is 0.411 e. The van der Waals surface area contributed by atoms with Gasteiger partial charge in [-0.1, -0.05) is 34.8 Å². The maximum absolute atomic E-state index is 11.2. The van der Waals surface area contributed by atoms with Gasteiger partial charge >= 0.3 is 6.09 Å². The van der Waals surface area contributed by atoms with Crippen LogP contribution in [0.1, 0.15) is 6.42 Å². The summed E-state index contributed by atoms with van der Waals surface area (Å²) in [5.41, 5.74) is 0.425. The van der Waals surface area contributed by atoms with E-state index in [-0.39, 0.29) is 21.7 Å². The fourth-order valence-electron chi connectivity index (χ4n) is 0.946. The van der Waals surface area contributed by atoms with Gasteiger partial charge in [0, 0.05) is 5.69 Å². The predicted octanol–water partition coefficient (Wildman–Crippen LogP) is 4.42. The Balaban J connectivity index is 2.71. The molecule has 0 unspecified atom stereocenters. The minimum absolute atomic E-state index is 0.250. The first-order valence-corrected chi connectivity index (χ1v) is 5.55. The van der Waals surface area contributed by atoms with E-state index in [4.69, 9.17) is 39.5 Å². The van der Waals surface area contributed by atoms with E-state index in [1.54, 1.807) is 0 Å². The minimum Gasteiger partial charge on any atom is -0.449 e. The van der Waals surface area contributed by atoms with Gasteiger partial charge in [-0.05, 0) is 25.5 Å². The highest BCUT2D eigenvalue weighted by atomic mass is 35.5. The molecule has 1 N–H and O–H groups in total. The van der Waals surface area contributed by atoms with Crippen LogP contribution < -0.4 is 5.32 Å². The topological polar surface area (TPSA) is 38.3 Å². The summed E-state index contributed by atoms with van der Waals surface area (Å²) in [6.07, 6.45) is -0.0756. The van der Waals surface area contributed by atoms with Crippen LogP contribution in [0.4, 0.5) is 10.5 Å². The molecule has 16 heavy (non-hydrogen) atoms. The van der Waals surface area contributed by atoms with E-state index in [0.717, 1.165) is 0 Å². The molecule has 1 rings (SSSR count). The molecule has 0 heterocycles. The van der Waals surface area contributed by atoms with Gasteiger partial charge in [-0.2, -0.15) is 0 Å². The molecule has 0 spiro atoms. The van der Waals surface area contributed by atoms with Crippen LogP contribution in [0.25, 0.3) is 0 Å². The zero-order valence-corrected chi connectivity index (χ0v) is 10.5. The molecule has 0 aromatic heterocycles. The van der Waals surface area contributed by atoms with E-state index < -0.39 is 6.09 Å². The molecular weight excluding hydrogens is 272 g/mol. The second-order valence-corrected chi connectivity index (χ2v) is 4.06. The lowest BCUT2D eigenvalue weighted by molar-refractivity contribution is 0.163. The van der Waals surface area contributed by atoms with Gasteiger partial charge in [-0.15, -0.1) is 0 Å². The minimum atomic E-state index is -0.585. The predicted molar refractivity (Wildman–Crippen MR) is 66.4 cm³/mol. The van der Waals surface area contributed by atoms with Gasteiger partial charge in [-0.25, -0.2) is 4.79 Å². The van der Waals surface area contributed by atoms with Crippen LogP contribution >= 0.6 is 34.8 Å². The van der Waals surface area contributed by atoms with Crippen molar-refractivity contribution in [1.29, 1.82) is 0 Å². The van der Waals surface area contributed by atoms with Crippen molar-refractivity contribution >= 4 is 46.6 Å². The number of ether oxygens (including phenoxy) is 1. The van der Waals surface area contributed by atoms with E-state index in [1.165, 1.54) is 12.1 Å². The SMILES string of the molecule is [CH2]CCOC(=O)Nc1cc(Cl)c(Cl)c(Cl)c1. The summed E-state index contributed by atoms with van der Waals surface area (Å²) in [5.74, 6) is 0. The first-order valence-electron chi connectivity index (χ1n) is 4.42. The largest absolute Gasteiger partial charge is 0.449 e. The quantitative estimate of drug-likeness (QED) is 0.833. The summed E-state index contributed by atoms with van der Waals surface area (Å²) in [7, 11) is 0. The number of carbonyl (C=O) groups is 1. The van der Waals surface area contributed by atoms with Gasteiger partial charge in [-0.3, -0.25) is 5.32 Å². The number of amides is 1. The van der Waals surface area contributed by atoms with Crippen molar-refractivity contribution in [2.75, 3.05) is 11.9 Å². The summed E-state index contributed by atoms with van der Waals surface area (Å²) in [6, 6.07) is 2.97. The number of hydrogen-bond acceptors (Lipinski definition) is 2. The molecule has 1 aromatic carbocycles. The summed E-state index contributed by atoms with van der Waals surface area (Å²) in [5, 5.41) is 3.25. The number of hydrogen-bond donors (Lipinski definition) is 1. The van der Waals surface area contributed by atoms with E-state index in [0.29, 0.717) is 12.1 Å². The Morgan fingerprint density at radius 1 is 1.31 bits per heavy atom. The van der Waals surface area contributed by atoms with E-state index in [1.807, 2.05) is 0 Å². The van der Waals surface area contributed by atoms with Crippen LogP contribution in [0, 0.1) is 6.92 Å². The van der Waals surface area contributed by atoms with Crippen LogP contribution in [0.3, 0.4) is 0 Å². The maximum Gasteiger partial charge on any atom is 0.411 e. The van der Waals surface area contributed by atoms with Crippen molar-refractivity contribution in [3.63, 3.8) is 0 Å². The molecule has 1 aromatic rings. The lowest BCUT2D eigenvalue weighted by Crippen LogP contribution is -2.14. The van der Waals surface area contributed by atoms with Gasteiger partial charge < -0.3 is 4.74 Å².